The summed E-state index contributed by atoms with van der Waals surface area (Å²) in [6.45, 7) is 3.77. The monoisotopic (exact) mass is 654 g/mol. The molecule has 3 aromatic carbocycles. The first-order valence-corrected chi connectivity index (χ1v) is 15.5. The highest BCUT2D eigenvalue weighted by Gasteiger charge is 2.41. The first-order chi connectivity index (χ1) is 22.5. The van der Waals surface area contributed by atoms with Crippen LogP contribution in [0, 0.1) is 18.6 Å². The standard InChI is InChI=1S/C35H41F3N4O5/c1-5-16-47-31-18-24(10-13-30(31)46-4)32(34(44)40-20-23-7-11-26(36)12-8-23)42(35(45)29-19-27(37)21-41(29)3)15-14-39-33(43)25-9-6-22(2)28(38)17-25/h6-13,17-18,27,29,32H,5,14-16,19-21H2,1-4H3,(H,39,43)(H,40,44)/t27-,29-,32?/m0/s1. The van der Waals surface area contributed by atoms with Gasteiger partial charge in [0.25, 0.3) is 5.91 Å². The molecule has 0 radical (unpaired) electrons. The van der Waals surface area contributed by atoms with E-state index in [9.17, 15) is 27.6 Å². The molecule has 3 amide bonds. The van der Waals surface area contributed by atoms with Gasteiger partial charge in [0.2, 0.25) is 11.8 Å². The lowest BCUT2D eigenvalue weighted by molar-refractivity contribution is -0.144. The van der Waals surface area contributed by atoms with E-state index in [4.69, 9.17) is 9.47 Å². The molecule has 1 heterocycles. The number of likely N-dealkylation sites (tertiary alicyclic amines) is 1. The van der Waals surface area contributed by atoms with Gasteiger partial charge < -0.3 is 25.0 Å². The second-order valence-corrected chi connectivity index (χ2v) is 11.5. The zero-order chi connectivity index (χ0) is 34.1. The largest absolute Gasteiger partial charge is 0.493 e. The maximum absolute atomic E-state index is 14.5. The summed E-state index contributed by atoms with van der Waals surface area (Å²) < 4.78 is 53.5. The van der Waals surface area contributed by atoms with Crippen LogP contribution in [0.15, 0.2) is 60.7 Å². The Kier molecular flexibility index (Phi) is 12.2. The number of hydrogen-bond acceptors (Lipinski definition) is 6. The van der Waals surface area contributed by atoms with Crippen LogP contribution in [-0.2, 0) is 16.1 Å². The lowest BCUT2D eigenvalue weighted by Gasteiger charge is -2.35. The summed E-state index contributed by atoms with van der Waals surface area (Å²) >= 11 is 0. The summed E-state index contributed by atoms with van der Waals surface area (Å²) in [6.07, 6.45) is -0.575. The zero-order valence-corrected chi connectivity index (χ0v) is 27.0. The maximum Gasteiger partial charge on any atom is 0.251 e. The van der Waals surface area contributed by atoms with Crippen molar-refractivity contribution >= 4 is 17.7 Å². The van der Waals surface area contributed by atoms with E-state index in [0.29, 0.717) is 41.2 Å². The Morgan fingerprint density at radius 1 is 1.02 bits per heavy atom. The molecule has 3 atom stereocenters. The average Bonchev–Trinajstić information content (AvgIpc) is 3.40. The number of benzene rings is 3. The van der Waals surface area contributed by atoms with Crippen molar-refractivity contribution in [2.24, 2.45) is 0 Å². The molecule has 1 aliphatic heterocycles. The highest BCUT2D eigenvalue weighted by molar-refractivity contribution is 5.94. The Morgan fingerprint density at radius 2 is 1.77 bits per heavy atom. The number of aryl methyl sites for hydroxylation is 1. The fourth-order valence-electron chi connectivity index (χ4n) is 5.46. The number of nitrogens with zero attached hydrogens (tertiary/aromatic N) is 2. The predicted octanol–water partition coefficient (Wildman–Crippen LogP) is 4.73. The molecule has 12 heteroatoms. The quantitative estimate of drug-likeness (QED) is 0.261. The molecular formula is C35H41F3N4O5. The van der Waals surface area contributed by atoms with Crippen LogP contribution in [0.2, 0.25) is 0 Å². The fourth-order valence-corrected chi connectivity index (χ4v) is 5.46. The summed E-state index contributed by atoms with van der Waals surface area (Å²) in [7, 11) is 3.13. The lowest BCUT2D eigenvalue weighted by Crippen LogP contribution is -2.51. The summed E-state index contributed by atoms with van der Waals surface area (Å²) in [5, 5.41) is 5.56. The van der Waals surface area contributed by atoms with Crippen molar-refractivity contribution in [1.82, 2.24) is 20.4 Å². The average molecular weight is 655 g/mol. The molecule has 0 aromatic heterocycles. The van der Waals surface area contributed by atoms with Gasteiger partial charge in [0.05, 0.1) is 19.8 Å². The molecule has 2 N–H and O–H groups in total. The van der Waals surface area contributed by atoms with Crippen molar-refractivity contribution in [3.8, 4) is 11.5 Å². The molecule has 3 aromatic rings. The fraction of sp³-hybridized carbons (Fsp3) is 0.400. The predicted molar refractivity (Wildman–Crippen MR) is 171 cm³/mol. The van der Waals surface area contributed by atoms with E-state index >= 15 is 0 Å². The van der Waals surface area contributed by atoms with Crippen LogP contribution in [-0.4, -0.2) is 80.1 Å². The highest BCUT2D eigenvalue weighted by Crippen LogP contribution is 2.34. The SMILES string of the molecule is CCCOc1cc(C(C(=O)NCc2ccc(F)cc2)N(CCNC(=O)c2ccc(C)c(F)c2)C(=O)[C@@H]2C[C@H](F)CN2C)ccc1OC. The summed E-state index contributed by atoms with van der Waals surface area (Å²) in [5.41, 5.74) is 1.52. The summed E-state index contributed by atoms with van der Waals surface area (Å²) in [5.74, 6) is -1.77. The molecule has 1 fully saturated rings. The van der Waals surface area contributed by atoms with Gasteiger partial charge in [-0.3, -0.25) is 19.3 Å². The molecular weight excluding hydrogens is 613 g/mol. The van der Waals surface area contributed by atoms with Gasteiger partial charge >= 0.3 is 0 Å². The summed E-state index contributed by atoms with van der Waals surface area (Å²) in [4.78, 5) is 44.1. The van der Waals surface area contributed by atoms with Crippen LogP contribution >= 0.6 is 0 Å². The van der Waals surface area contributed by atoms with Gasteiger partial charge in [-0.25, -0.2) is 13.2 Å². The van der Waals surface area contributed by atoms with Crippen molar-refractivity contribution in [3.05, 3.63) is 94.6 Å². The van der Waals surface area contributed by atoms with Crippen molar-refractivity contribution < 1.29 is 37.0 Å². The number of likely N-dealkylation sites (N-methyl/N-ethyl adjacent to an activating group) is 1. The van der Waals surface area contributed by atoms with Crippen LogP contribution in [0.4, 0.5) is 13.2 Å². The minimum atomic E-state index is -1.24. The van der Waals surface area contributed by atoms with Gasteiger partial charge in [0.1, 0.15) is 23.8 Å². The number of carbonyl (C=O) groups excluding carboxylic acids is 3. The van der Waals surface area contributed by atoms with Gasteiger partial charge in [0.15, 0.2) is 11.5 Å². The van der Waals surface area contributed by atoms with Crippen LogP contribution in [0.3, 0.4) is 0 Å². The van der Waals surface area contributed by atoms with Gasteiger partial charge in [-0.1, -0.05) is 31.2 Å². The molecule has 1 saturated heterocycles. The molecule has 0 aliphatic carbocycles. The molecule has 0 spiro atoms. The van der Waals surface area contributed by atoms with Crippen LogP contribution in [0.25, 0.3) is 0 Å². The van der Waals surface area contributed by atoms with Gasteiger partial charge in [-0.15, -0.1) is 0 Å². The normalized spacial score (nSPS) is 16.7. The van der Waals surface area contributed by atoms with E-state index in [-0.39, 0.29) is 38.2 Å². The topological polar surface area (TPSA) is 100 Å². The minimum Gasteiger partial charge on any atom is -0.493 e. The smallest absolute Gasteiger partial charge is 0.251 e. The van der Waals surface area contributed by atoms with Crippen LogP contribution in [0.1, 0.15) is 52.9 Å². The second-order valence-electron chi connectivity index (χ2n) is 11.5. The third-order valence-electron chi connectivity index (χ3n) is 8.04. The number of rotatable bonds is 14. The number of hydrogen-bond donors (Lipinski definition) is 2. The minimum absolute atomic E-state index is 0.0403. The number of amides is 3. The number of carbonyl (C=O) groups is 3. The van der Waals surface area contributed by atoms with Crippen molar-refractivity contribution in [2.75, 3.05) is 40.4 Å². The Balaban J connectivity index is 1.69. The first kappa shape index (κ1) is 35.3. The van der Waals surface area contributed by atoms with Crippen molar-refractivity contribution in [1.29, 1.82) is 0 Å². The van der Waals surface area contributed by atoms with E-state index in [1.165, 1.54) is 48.4 Å². The molecule has 47 heavy (non-hydrogen) atoms. The van der Waals surface area contributed by atoms with Crippen molar-refractivity contribution in [3.63, 3.8) is 0 Å². The molecule has 4 rings (SSSR count). The van der Waals surface area contributed by atoms with E-state index in [2.05, 4.69) is 10.6 Å². The molecule has 1 aliphatic rings. The third-order valence-corrected chi connectivity index (χ3v) is 8.04. The number of nitrogens with one attached hydrogen (secondary N) is 2. The highest BCUT2D eigenvalue weighted by atomic mass is 19.1. The molecule has 0 saturated carbocycles. The van der Waals surface area contributed by atoms with Gasteiger partial charge in [0, 0.05) is 38.2 Å². The van der Waals surface area contributed by atoms with Crippen LogP contribution in [0.5, 0.6) is 11.5 Å². The lowest BCUT2D eigenvalue weighted by atomic mass is 10.0. The maximum atomic E-state index is 14.5. The molecule has 252 valence electrons. The first-order valence-electron chi connectivity index (χ1n) is 15.5. The summed E-state index contributed by atoms with van der Waals surface area (Å²) in [6, 6.07) is 12.6. The number of halogens is 3. The van der Waals surface area contributed by atoms with Gasteiger partial charge in [-0.05, 0) is 73.5 Å². The molecule has 9 nitrogen and oxygen atoms in total. The Bertz CT molecular complexity index is 1550. The Morgan fingerprint density at radius 3 is 2.40 bits per heavy atom. The van der Waals surface area contributed by atoms with E-state index < -0.39 is 47.6 Å². The Labute approximate surface area is 273 Å². The van der Waals surface area contributed by atoms with Gasteiger partial charge in [-0.2, -0.15) is 0 Å². The molecule has 1 unspecified atom stereocenters. The Hall–Kier alpha value is -4.58. The van der Waals surface area contributed by atoms with Crippen molar-refractivity contribution in [2.45, 2.75) is 51.5 Å². The zero-order valence-electron chi connectivity index (χ0n) is 27.0. The number of ether oxygens (including phenoxy) is 2. The third kappa shape index (κ3) is 9.03. The van der Waals surface area contributed by atoms with E-state index in [1.54, 1.807) is 37.1 Å². The number of alkyl halides is 1. The van der Waals surface area contributed by atoms with E-state index in [0.717, 1.165) is 6.07 Å². The second kappa shape index (κ2) is 16.3. The van der Waals surface area contributed by atoms with E-state index in [1.807, 2.05) is 6.92 Å². The number of methoxy groups -OCH3 is 1. The van der Waals surface area contributed by atoms with Crippen LogP contribution < -0.4 is 20.1 Å². The molecule has 0 bridgehead atoms.